The molecule has 0 spiro atoms. The molecule has 0 amide bonds. The molecule has 16 rings (SSSR count). The summed E-state index contributed by atoms with van der Waals surface area (Å²) in [6, 6.07) is 76.5. The molecule has 0 aliphatic heterocycles. The number of hydrogen-bond donors (Lipinski definition) is 3. The first-order chi connectivity index (χ1) is 35.4. The van der Waals surface area contributed by atoms with E-state index in [1.165, 1.54) is 97.3 Å². The van der Waals surface area contributed by atoms with Crippen LogP contribution in [-0.4, -0.2) is 29.4 Å². The van der Waals surface area contributed by atoms with Crippen molar-refractivity contribution in [3.8, 4) is 11.1 Å². The third-order valence-corrected chi connectivity index (χ3v) is 14.8. The van der Waals surface area contributed by atoms with E-state index in [0.717, 1.165) is 55.5 Å². The summed E-state index contributed by atoms with van der Waals surface area (Å²) >= 11 is 3.51. The van der Waals surface area contributed by atoms with E-state index in [1.54, 1.807) is 6.07 Å². The molecular weight excluding hydrogens is 963 g/mol. The third-order valence-electron chi connectivity index (χ3n) is 14.3. The Kier molecular flexibility index (Phi) is 11.5. The van der Waals surface area contributed by atoms with Crippen LogP contribution in [0.3, 0.4) is 0 Å². The van der Waals surface area contributed by atoms with Crippen LogP contribution in [0.5, 0.6) is 0 Å². The highest BCUT2D eigenvalue weighted by Crippen LogP contribution is 2.42. The van der Waals surface area contributed by atoms with Crippen molar-refractivity contribution in [1.29, 1.82) is 0 Å². The van der Waals surface area contributed by atoms with Crippen LogP contribution in [0.4, 0.5) is 0 Å². The molecule has 14 aromatic carbocycles. The second-order valence-corrected chi connectivity index (χ2v) is 19.2. The fourth-order valence-corrected chi connectivity index (χ4v) is 11.4. The van der Waals surface area contributed by atoms with Crippen molar-refractivity contribution in [2.75, 3.05) is 7.11 Å². The molecule has 3 N–H and O–H groups in total. The van der Waals surface area contributed by atoms with E-state index < -0.39 is 7.12 Å². The molecule has 0 unspecified atom stereocenters. The summed E-state index contributed by atoms with van der Waals surface area (Å²) in [4.78, 5) is 0. The number of aliphatic hydroxyl groups is 1. The Balaban J connectivity index is 0.000000117. The molecule has 0 radical (unpaired) electrons. The zero-order valence-corrected chi connectivity index (χ0v) is 40.5. The van der Waals surface area contributed by atoms with Crippen LogP contribution in [0.15, 0.2) is 232 Å². The summed E-state index contributed by atoms with van der Waals surface area (Å²) in [7, 11) is -0.440. The Morgan fingerprint density at radius 1 is 0.329 bits per heavy atom. The van der Waals surface area contributed by atoms with Gasteiger partial charge >= 0.3 is 7.12 Å². The van der Waals surface area contributed by atoms with Crippen LogP contribution < -0.4 is 5.46 Å². The average Bonchev–Trinajstić information content (AvgIpc) is 3.97. The summed E-state index contributed by atoms with van der Waals surface area (Å²) in [6.07, 6.45) is 0. The molecule has 0 aliphatic rings. The highest BCUT2D eigenvalue weighted by atomic mass is 79.9. The van der Waals surface area contributed by atoms with Crippen molar-refractivity contribution in [2.45, 2.75) is 7.43 Å². The lowest BCUT2D eigenvalue weighted by Gasteiger charge is -2.14. The molecule has 350 valence electrons. The highest BCUT2D eigenvalue weighted by molar-refractivity contribution is 9.10. The van der Waals surface area contributed by atoms with Gasteiger partial charge in [0.2, 0.25) is 0 Å². The molecule has 73 heavy (non-hydrogen) atoms. The number of benzene rings is 14. The Bertz CT molecular complexity index is 4690. The first-order valence-corrected chi connectivity index (χ1v) is 24.7. The molecule has 0 fully saturated rings. The molecule has 5 nitrogen and oxygen atoms in total. The fourth-order valence-electron chi connectivity index (χ4n) is 11.0. The minimum atomic E-state index is -1.44. The molecule has 2 heterocycles. The number of aliphatic hydroxyl groups excluding tert-OH is 1. The molecule has 0 atom stereocenters. The first kappa shape index (κ1) is 45.8. The lowest BCUT2D eigenvalue weighted by Crippen LogP contribution is -2.30. The van der Waals surface area contributed by atoms with Gasteiger partial charge in [0, 0.05) is 33.1 Å². The van der Waals surface area contributed by atoms with Gasteiger partial charge in [-0.3, -0.25) is 0 Å². The van der Waals surface area contributed by atoms with Crippen molar-refractivity contribution < 1.29 is 24.0 Å². The maximum Gasteiger partial charge on any atom is 0.489 e. The largest absolute Gasteiger partial charge is 0.489 e. The standard InChI is InChI=1S/C32H18O.C16H11BO2.C16H9BrO.CH4O.CH4/c1-2-5-23-18-30-28(16-22(23)4-1)27-17-24(12-15-29(27)33-30)25-13-10-21-9-8-19-6-3-7-20-11-14-26(25)32(21)31(19)20;18-17(19)14-9-7-12-5-4-10-2-1-3-11-6-8-13(14)16(12)15(10)11;17-12-5-6-15-14(9-12)13-7-10-3-1-2-4-11(10)8-16(13)18-15;1-2;/h1-18H;1-9,18-19H;1-9H;2H,1H3;1H4. The Morgan fingerprint density at radius 2 is 0.726 bits per heavy atom. The van der Waals surface area contributed by atoms with Crippen LogP contribution in [0.1, 0.15) is 7.43 Å². The summed E-state index contributed by atoms with van der Waals surface area (Å²) in [5.74, 6) is 0. The van der Waals surface area contributed by atoms with Gasteiger partial charge in [0.05, 0.1) is 0 Å². The Hall–Kier alpha value is -8.30. The maximum absolute atomic E-state index is 9.51. The molecule has 0 aliphatic carbocycles. The topological polar surface area (TPSA) is 87.0 Å². The third kappa shape index (κ3) is 7.68. The van der Waals surface area contributed by atoms with Gasteiger partial charge in [-0.25, -0.2) is 0 Å². The van der Waals surface area contributed by atoms with Crippen molar-refractivity contribution >= 4 is 159 Å². The molecule has 0 saturated carbocycles. The van der Waals surface area contributed by atoms with Crippen molar-refractivity contribution in [3.05, 3.63) is 223 Å². The van der Waals surface area contributed by atoms with Gasteiger partial charge in [0.1, 0.15) is 22.3 Å². The van der Waals surface area contributed by atoms with Gasteiger partial charge < -0.3 is 24.0 Å². The zero-order chi connectivity index (χ0) is 48.6. The molecule has 16 aromatic rings. The van der Waals surface area contributed by atoms with Crippen molar-refractivity contribution in [2.24, 2.45) is 0 Å². The number of hydrogen-bond acceptors (Lipinski definition) is 5. The number of fused-ring (bicyclic) bond motifs is 8. The molecule has 2 aromatic heterocycles. The van der Waals surface area contributed by atoms with Crippen molar-refractivity contribution in [3.63, 3.8) is 0 Å². The van der Waals surface area contributed by atoms with Gasteiger partial charge in [-0.15, -0.1) is 0 Å². The molecular formula is C66H46BBrO5. The first-order valence-electron chi connectivity index (χ1n) is 23.9. The van der Waals surface area contributed by atoms with Gasteiger partial charge in [0.25, 0.3) is 0 Å². The van der Waals surface area contributed by atoms with E-state index in [1.807, 2.05) is 42.5 Å². The van der Waals surface area contributed by atoms with E-state index >= 15 is 0 Å². The minimum Gasteiger partial charge on any atom is -0.456 e. The van der Waals surface area contributed by atoms with Crippen LogP contribution in [0.2, 0.25) is 0 Å². The van der Waals surface area contributed by atoms with E-state index in [4.69, 9.17) is 13.9 Å². The zero-order valence-electron chi connectivity index (χ0n) is 38.9. The average molecular weight is 1010 g/mol. The summed E-state index contributed by atoms with van der Waals surface area (Å²) in [5, 5.41) is 50.2. The predicted octanol–water partition coefficient (Wildman–Crippen LogP) is 17.3. The number of rotatable bonds is 2. The highest BCUT2D eigenvalue weighted by Gasteiger charge is 2.18. The second kappa shape index (κ2) is 18.4. The van der Waals surface area contributed by atoms with Gasteiger partial charge in [-0.05, 0) is 157 Å². The van der Waals surface area contributed by atoms with E-state index in [-0.39, 0.29) is 7.43 Å². The second-order valence-electron chi connectivity index (χ2n) is 18.3. The monoisotopic (exact) mass is 1010 g/mol. The maximum atomic E-state index is 9.51. The lowest BCUT2D eigenvalue weighted by molar-refractivity contribution is 0.399. The molecule has 0 bridgehead atoms. The Labute approximate surface area is 428 Å². The predicted molar refractivity (Wildman–Crippen MR) is 314 cm³/mol. The number of furan rings is 2. The van der Waals surface area contributed by atoms with Crippen LogP contribution in [-0.2, 0) is 0 Å². The van der Waals surface area contributed by atoms with E-state index in [2.05, 4.69) is 186 Å². The summed E-state index contributed by atoms with van der Waals surface area (Å²) in [6.45, 7) is 0. The van der Waals surface area contributed by atoms with Gasteiger partial charge in [0.15, 0.2) is 0 Å². The van der Waals surface area contributed by atoms with Crippen LogP contribution in [0, 0.1) is 0 Å². The van der Waals surface area contributed by atoms with Gasteiger partial charge in [-0.1, -0.05) is 187 Å². The fraction of sp³-hybridized carbons (Fsp3) is 0.0303. The Morgan fingerprint density at radius 3 is 1.26 bits per heavy atom. The SMILES string of the molecule is Brc1ccc2oc3cc4ccccc4cc3c2c1.C.CO.OB(O)c1ccc2ccc3cccc4ccc1c2c34.c1ccc2cc3c(cc2c1)oc1ccc(-c2ccc4ccc5cccc6ccc2c4c56)cc13. The molecule has 0 saturated heterocycles. The summed E-state index contributed by atoms with van der Waals surface area (Å²) in [5.41, 5.74) is 6.79. The van der Waals surface area contributed by atoms with Gasteiger partial charge in [-0.2, -0.15) is 0 Å². The van der Waals surface area contributed by atoms with E-state index in [0.29, 0.717) is 5.46 Å². The van der Waals surface area contributed by atoms with Crippen molar-refractivity contribution in [1.82, 2.24) is 0 Å². The summed E-state index contributed by atoms with van der Waals surface area (Å²) < 4.78 is 13.2. The normalized spacial score (nSPS) is 11.5. The quantitative estimate of drug-likeness (QED) is 0.119. The van der Waals surface area contributed by atoms with Crippen LogP contribution in [0.25, 0.3) is 141 Å². The van der Waals surface area contributed by atoms with Crippen LogP contribution >= 0.6 is 15.9 Å². The smallest absolute Gasteiger partial charge is 0.456 e. The number of halogens is 1. The lowest BCUT2D eigenvalue weighted by atomic mass is 9.75. The van der Waals surface area contributed by atoms with E-state index in [9.17, 15) is 10.0 Å². The molecule has 7 heteroatoms. The minimum absolute atomic E-state index is 0.